The molecule has 0 saturated carbocycles. The van der Waals surface area contributed by atoms with Crippen LogP contribution in [0.2, 0.25) is 0 Å². The number of hydrogen-bond acceptors (Lipinski definition) is 3. The fourth-order valence-electron chi connectivity index (χ4n) is 1.71. The summed E-state index contributed by atoms with van der Waals surface area (Å²) in [6, 6.07) is 8.10. The summed E-state index contributed by atoms with van der Waals surface area (Å²) in [7, 11) is 1.51. The molecule has 3 nitrogen and oxygen atoms in total. The molecule has 0 aliphatic rings. The highest BCUT2D eigenvalue weighted by atomic mass is 32.2. The van der Waals surface area contributed by atoms with Gasteiger partial charge in [-0.2, -0.15) is 0 Å². The third kappa shape index (κ3) is 2.46. The first-order valence-corrected chi connectivity index (χ1v) is 5.84. The average molecular weight is 235 g/mol. The molecule has 2 rings (SSSR count). The molecule has 0 aliphatic heterocycles. The monoisotopic (exact) mass is 235 g/mol. The summed E-state index contributed by atoms with van der Waals surface area (Å²) in [5.74, 6) is 0. The zero-order valence-electron chi connectivity index (χ0n) is 9.03. The van der Waals surface area contributed by atoms with Gasteiger partial charge in [-0.15, -0.1) is 0 Å². The minimum atomic E-state index is 0.0628. The van der Waals surface area contributed by atoms with Gasteiger partial charge in [0.05, 0.1) is 19.2 Å². The number of aromatic amines is 1. The van der Waals surface area contributed by atoms with E-state index >= 15 is 0 Å². The summed E-state index contributed by atoms with van der Waals surface area (Å²) >= 11 is 0.909. The molecular weight excluding hydrogens is 222 g/mol. The lowest BCUT2D eigenvalue weighted by molar-refractivity contribution is -0.111. The molecule has 1 aromatic heterocycles. The van der Waals surface area contributed by atoms with Crippen molar-refractivity contribution in [1.29, 1.82) is 0 Å². The van der Waals surface area contributed by atoms with Gasteiger partial charge in [-0.3, -0.25) is 4.79 Å². The fraction of sp³-hybridized carbons (Fsp3) is 0.250. The number of aromatic nitrogens is 1. The van der Waals surface area contributed by atoms with Crippen LogP contribution < -0.4 is 0 Å². The van der Waals surface area contributed by atoms with Crippen LogP contribution in [0.5, 0.6) is 0 Å². The normalized spacial score (nSPS) is 10.8. The fourth-order valence-corrected chi connectivity index (χ4v) is 2.08. The highest BCUT2D eigenvalue weighted by Crippen LogP contribution is 2.20. The zero-order chi connectivity index (χ0) is 11.4. The molecular formula is C12H13NO2S. The molecule has 0 spiro atoms. The third-order valence-electron chi connectivity index (χ3n) is 2.45. The highest BCUT2D eigenvalue weighted by Gasteiger charge is 2.06. The Bertz CT molecular complexity index is 492. The first-order chi connectivity index (χ1) is 7.81. The van der Waals surface area contributed by atoms with E-state index in [2.05, 4.69) is 11.1 Å². The van der Waals surface area contributed by atoms with E-state index in [1.165, 1.54) is 18.1 Å². The van der Waals surface area contributed by atoms with Gasteiger partial charge in [0, 0.05) is 23.5 Å². The Labute approximate surface area is 98.4 Å². The molecule has 0 atom stereocenters. The standard InChI is InChI=1S/C12H13NO2S/c1-15-16-12(14)7-6-9-8-13-11-5-3-2-4-10(9)11/h2-5,8,13H,6-7H2,1H3. The minimum absolute atomic E-state index is 0.0628. The van der Waals surface area contributed by atoms with Crippen LogP contribution in [-0.2, 0) is 15.4 Å². The van der Waals surface area contributed by atoms with Gasteiger partial charge < -0.3 is 9.17 Å². The summed E-state index contributed by atoms with van der Waals surface area (Å²) in [5.41, 5.74) is 2.30. The maximum absolute atomic E-state index is 11.3. The van der Waals surface area contributed by atoms with Crippen molar-refractivity contribution < 1.29 is 8.98 Å². The molecule has 0 saturated heterocycles. The second kappa shape index (κ2) is 5.18. The van der Waals surface area contributed by atoms with Gasteiger partial charge in [0.2, 0.25) is 5.12 Å². The topological polar surface area (TPSA) is 42.1 Å². The molecule has 0 amide bonds. The number of nitrogens with one attached hydrogen (secondary N) is 1. The maximum atomic E-state index is 11.3. The van der Waals surface area contributed by atoms with Gasteiger partial charge in [0.15, 0.2) is 0 Å². The Morgan fingerprint density at radius 2 is 2.25 bits per heavy atom. The number of benzene rings is 1. The van der Waals surface area contributed by atoms with Crippen molar-refractivity contribution in [2.75, 3.05) is 7.11 Å². The van der Waals surface area contributed by atoms with E-state index in [9.17, 15) is 4.79 Å². The molecule has 1 N–H and O–H groups in total. The Kier molecular flexibility index (Phi) is 3.64. The summed E-state index contributed by atoms with van der Waals surface area (Å²) in [6.07, 6.45) is 3.22. The Hall–Kier alpha value is -1.26. The van der Waals surface area contributed by atoms with Crippen molar-refractivity contribution in [3.63, 3.8) is 0 Å². The number of H-pyrrole nitrogens is 1. The molecule has 84 valence electrons. The van der Waals surface area contributed by atoms with Gasteiger partial charge in [-0.1, -0.05) is 18.2 Å². The summed E-state index contributed by atoms with van der Waals surface area (Å²) in [4.78, 5) is 14.5. The largest absolute Gasteiger partial charge is 0.361 e. The molecule has 0 bridgehead atoms. The molecule has 2 aromatic rings. The van der Waals surface area contributed by atoms with Crippen molar-refractivity contribution in [3.8, 4) is 0 Å². The van der Waals surface area contributed by atoms with E-state index in [1.807, 2.05) is 24.4 Å². The average Bonchev–Trinajstić information content (AvgIpc) is 2.70. The van der Waals surface area contributed by atoms with Crippen LogP contribution in [0, 0.1) is 0 Å². The smallest absolute Gasteiger partial charge is 0.215 e. The zero-order valence-corrected chi connectivity index (χ0v) is 9.84. The van der Waals surface area contributed by atoms with Crippen molar-refractivity contribution in [1.82, 2.24) is 4.98 Å². The lowest BCUT2D eigenvalue weighted by Crippen LogP contribution is -1.94. The third-order valence-corrected chi connectivity index (χ3v) is 3.01. The van der Waals surface area contributed by atoms with Crippen molar-refractivity contribution in [2.24, 2.45) is 0 Å². The Morgan fingerprint density at radius 1 is 1.44 bits per heavy atom. The highest BCUT2D eigenvalue weighted by molar-refractivity contribution is 8.09. The summed E-state index contributed by atoms with van der Waals surface area (Å²) < 4.78 is 4.72. The van der Waals surface area contributed by atoms with E-state index in [4.69, 9.17) is 4.18 Å². The van der Waals surface area contributed by atoms with E-state index in [1.54, 1.807) is 0 Å². The minimum Gasteiger partial charge on any atom is -0.361 e. The number of rotatable bonds is 4. The van der Waals surface area contributed by atoms with E-state index in [-0.39, 0.29) is 5.12 Å². The molecule has 16 heavy (non-hydrogen) atoms. The van der Waals surface area contributed by atoms with Crippen LogP contribution in [0.3, 0.4) is 0 Å². The van der Waals surface area contributed by atoms with Gasteiger partial charge in [0.25, 0.3) is 0 Å². The Balaban J connectivity index is 2.07. The molecule has 0 aliphatic carbocycles. The lowest BCUT2D eigenvalue weighted by atomic mass is 10.1. The number of para-hydroxylation sites is 1. The molecule has 4 heteroatoms. The number of hydrogen-bond donors (Lipinski definition) is 1. The first-order valence-electron chi connectivity index (χ1n) is 5.09. The van der Waals surface area contributed by atoms with Crippen molar-refractivity contribution in [3.05, 3.63) is 36.0 Å². The van der Waals surface area contributed by atoms with Crippen molar-refractivity contribution >= 4 is 28.1 Å². The van der Waals surface area contributed by atoms with E-state index < -0.39 is 0 Å². The first kappa shape index (κ1) is 11.2. The second-order valence-electron chi connectivity index (χ2n) is 3.48. The van der Waals surface area contributed by atoms with E-state index in [0.717, 1.165) is 24.0 Å². The number of carbonyl (C=O) groups is 1. The predicted octanol–water partition coefficient (Wildman–Crippen LogP) is 2.92. The van der Waals surface area contributed by atoms with Crippen molar-refractivity contribution in [2.45, 2.75) is 12.8 Å². The molecule has 0 radical (unpaired) electrons. The van der Waals surface area contributed by atoms with Crippen LogP contribution in [0.4, 0.5) is 0 Å². The molecule has 1 heterocycles. The number of aryl methyl sites for hydroxylation is 1. The van der Waals surface area contributed by atoms with Gasteiger partial charge >= 0.3 is 0 Å². The summed E-state index contributed by atoms with van der Waals surface area (Å²) in [5, 5.41) is 1.26. The maximum Gasteiger partial charge on any atom is 0.215 e. The van der Waals surface area contributed by atoms with Gasteiger partial charge in [-0.25, -0.2) is 0 Å². The number of fused-ring (bicyclic) bond motifs is 1. The Morgan fingerprint density at radius 3 is 3.06 bits per heavy atom. The SMILES string of the molecule is COSC(=O)CCc1c[nH]c2ccccc12. The van der Waals surface area contributed by atoms with Crippen LogP contribution >= 0.6 is 12.0 Å². The quantitative estimate of drug-likeness (QED) is 0.828. The van der Waals surface area contributed by atoms with E-state index in [0.29, 0.717) is 6.42 Å². The van der Waals surface area contributed by atoms with Crippen LogP contribution in [0.15, 0.2) is 30.5 Å². The molecule has 0 fully saturated rings. The summed E-state index contributed by atoms with van der Waals surface area (Å²) in [6.45, 7) is 0. The number of carbonyl (C=O) groups excluding carboxylic acids is 1. The predicted molar refractivity (Wildman–Crippen MR) is 66.2 cm³/mol. The molecule has 0 unspecified atom stereocenters. The van der Waals surface area contributed by atoms with Gasteiger partial charge in [-0.05, 0) is 18.1 Å². The lowest BCUT2D eigenvalue weighted by Gasteiger charge is -1.98. The van der Waals surface area contributed by atoms with Crippen LogP contribution in [-0.4, -0.2) is 17.2 Å². The second-order valence-corrected chi connectivity index (χ2v) is 4.44. The van der Waals surface area contributed by atoms with Gasteiger partial charge in [0.1, 0.15) is 0 Å². The van der Waals surface area contributed by atoms with Crippen LogP contribution in [0.25, 0.3) is 10.9 Å². The van der Waals surface area contributed by atoms with Crippen LogP contribution in [0.1, 0.15) is 12.0 Å². The molecule has 1 aromatic carbocycles.